The molecule has 8 heteroatoms. The van der Waals surface area contributed by atoms with E-state index in [2.05, 4.69) is 5.32 Å². The number of nitro benzene ring substituents is 1. The Kier molecular flexibility index (Phi) is 6.78. The van der Waals surface area contributed by atoms with Crippen LogP contribution in [0.15, 0.2) is 18.2 Å². The van der Waals surface area contributed by atoms with Gasteiger partial charge in [0.1, 0.15) is 0 Å². The topological polar surface area (TPSA) is 98.5 Å². The fraction of sp³-hybridized carbons (Fsp3) is 0.429. The van der Waals surface area contributed by atoms with Crippen LogP contribution in [0.2, 0.25) is 5.02 Å². The standard InChI is InChI=1S/C14H17ClN2O5/c1-3-4-9(2)16-13(18)8-22-14(19)11-6-5-10(17(20)21)7-12(11)15/h5-7,9H,3-4,8H2,1-2H3,(H,16,18)/t9-/m0/s1. The third kappa shape index (κ3) is 5.33. The number of non-ortho nitro benzene ring substituents is 1. The first-order valence-electron chi connectivity index (χ1n) is 6.75. The number of carbonyl (C=O) groups is 2. The van der Waals surface area contributed by atoms with E-state index in [1.165, 1.54) is 6.07 Å². The zero-order valence-corrected chi connectivity index (χ0v) is 13.1. The van der Waals surface area contributed by atoms with Crippen LogP contribution in [-0.2, 0) is 9.53 Å². The molecule has 0 aliphatic heterocycles. The van der Waals surface area contributed by atoms with Crippen molar-refractivity contribution in [2.24, 2.45) is 0 Å². The van der Waals surface area contributed by atoms with Gasteiger partial charge in [-0.3, -0.25) is 14.9 Å². The number of nitro groups is 1. The summed E-state index contributed by atoms with van der Waals surface area (Å²) in [7, 11) is 0. The molecule has 0 radical (unpaired) electrons. The number of hydrogen-bond donors (Lipinski definition) is 1. The van der Waals surface area contributed by atoms with E-state index in [9.17, 15) is 19.7 Å². The van der Waals surface area contributed by atoms with Gasteiger partial charge in [0.15, 0.2) is 6.61 Å². The second-order valence-electron chi connectivity index (χ2n) is 4.75. The SMILES string of the molecule is CCC[C@H](C)NC(=O)COC(=O)c1ccc([N+](=O)[O-])cc1Cl. The van der Waals surface area contributed by atoms with Crippen molar-refractivity contribution in [2.75, 3.05) is 6.61 Å². The molecule has 22 heavy (non-hydrogen) atoms. The summed E-state index contributed by atoms with van der Waals surface area (Å²) in [5, 5.41) is 13.2. The monoisotopic (exact) mass is 328 g/mol. The molecule has 0 saturated heterocycles. The second kappa shape index (κ2) is 8.33. The lowest BCUT2D eigenvalue weighted by Gasteiger charge is -2.12. The second-order valence-corrected chi connectivity index (χ2v) is 5.16. The summed E-state index contributed by atoms with van der Waals surface area (Å²) >= 11 is 5.80. The Bertz CT molecular complexity index is 576. The van der Waals surface area contributed by atoms with Crippen LogP contribution >= 0.6 is 11.6 Å². The third-order valence-electron chi connectivity index (χ3n) is 2.85. The Morgan fingerprint density at radius 3 is 2.68 bits per heavy atom. The summed E-state index contributed by atoms with van der Waals surface area (Å²) in [6, 6.07) is 3.40. The Balaban J connectivity index is 2.59. The van der Waals surface area contributed by atoms with Crippen LogP contribution in [0.4, 0.5) is 5.69 Å². The van der Waals surface area contributed by atoms with Gasteiger partial charge in [0.25, 0.3) is 11.6 Å². The summed E-state index contributed by atoms with van der Waals surface area (Å²) in [6.07, 6.45) is 1.76. The lowest BCUT2D eigenvalue weighted by atomic mass is 10.2. The average molecular weight is 329 g/mol. The summed E-state index contributed by atoms with van der Waals surface area (Å²) < 4.78 is 4.84. The van der Waals surface area contributed by atoms with Crippen LogP contribution in [0.25, 0.3) is 0 Å². The minimum Gasteiger partial charge on any atom is -0.452 e. The number of hydrogen-bond acceptors (Lipinski definition) is 5. The molecule has 1 rings (SSSR count). The molecule has 0 aliphatic carbocycles. The minimum atomic E-state index is -0.807. The highest BCUT2D eigenvalue weighted by molar-refractivity contribution is 6.33. The first-order chi connectivity index (χ1) is 10.3. The molecular weight excluding hydrogens is 312 g/mol. The van der Waals surface area contributed by atoms with Gasteiger partial charge in [-0.25, -0.2) is 4.79 Å². The van der Waals surface area contributed by atoms with Crippen molar-refractivity contribution in [1.82, 2.24) is 5.32 Å². The quantitative estimate of drug-likeness (QED) is 0.471. The van der Waals surface area contributed by atoms with Crippen molar-refractivity contribution in [2.45, 2.75) is 32.7 Å². The average Bonchev–Trinajstić information content (AvgIpc) is 2.44. The highest BCUT2D eigenvalue weighted by Crippen LogP contribution is 2.23. The number of amides is 1. The van der Waals surface area contributed by atoms with Gasteiger partial charge in [-0.2, -0.15) is 0 Å². The van der Waals surface area contributed by atoms with E-state index in [4.69, 9.17) is 16.3 Å². The van der Waals surface area contributed by atoms with E-state index in [0.29, 0.717) is 0 Å². The molecule has 0 saturated carbocycles. The minimum absolute atomic E-state index is 0.000773. The van der Waals surface area contributed by atoms with Gasteiger partial charge in [-0.15, -0.1) is 0 Å². The molecule has 0 aromatic heterocycles. The molecule has 1 amide bonds. The van der Waals surface area contributed by atoms with Gasteiger partial charge in [0, 0.05) is 18.2 Å². The van der Waals surface area contributed by atoms with Crippen LogP contribution in [0.1, 0.15) is 37.0 Å². The first kappa shape index (κ1) is 17.9. The molecule has 0 spiro atoms. The van der Waals surface area contributed by atoms with Crippen molar-refractivity contribution < 1.29 is 19.2 Å². The lowest BCUT2D eigenvalue weighted by Crippen LogP contribution is -2.35. The maximum Gasteiger partial charge on any atom is 0.340 e. The predicted octanol–water partition coefficient (Wildman–Crippen LogP) is 2.71. The Labute approximate surface area is 132 Å². The van der Waals surface area contributed by atoms with Crippen LogP contribution in [-0.4, -0.2) is 29.4 Å². The highest BCUT2D eigenvalue weighted by atomic mass is 35.5. The number of rotatable bonds is 7. The number of nitrogens with one attached hydrogen (secondary N) is 1. The lowest BCUT2D eigenvalue weighted by molar-refractivity contribution is -0.384. The molecule has 0 heterocycles. The molecule has 0 aliphatic rings. The summed E-state index contributed by atoms with van der Waals surface area (Å²) in [5.41, 5.74) is -0.255. The summed E-state index contributed by atoms with van der Waals surface area (Å²) in [5.74, 6) is -1.22. The zero-order chi connectivity index (χ0) is 16.7. The maximum absolute atomic E-state index is 11.8. The fourth-order valence-electron chi connectivity index (χ4n) is 1.81. The number of halogens is 1. The molecule has 1 N–H and O–H groups in total. The maximum atomic E-state index is 11.8. The highest BCUT2D eigenvalue weighted by Gasteiger charge is 2.17. The van der Waals surface area contributed by atoms with E-state index in [1.54, 1.807) is 0 Å². The van der Waals surface area contributed by atoms with Crippen molar-refractivity contribution in [1.29, 1.82) is 0 Å². The normalized spacial score (nSPS) is 11.6. The fourth-order valence-corrected chi connectivity index (χ4v) is 2.07. The zero-order valence-electron chi connectivity index (χ0n) is 12.3. The van der Waals surface area contributed by atoms with Gasteiger partial charge < -0.3 is 10.1 Å². The molecular formula is C14H17ClN2O5. The number of carbonyl (C=O) groups excluding carboxylic acids is 2. The van der Waals surface area contributed by atoms with Crippen LogP contribution in [0, 0.1) is 10.1 Å². The summed E-state index contributed by atoms with van der Waals surface area (Å²) in [4.78, 5) is 33.3. The van der Waals surface area contributed by atoms with Crippen molar-refractivity contribution in [3.63, 3.8) is 0 Å². The summed E-state index contributed by atoms with van der Waals surface area (Å²) in [6.45, 7) is 3.43. The van der Waals surface area contributed by atoms with Gasteiger partial charge in [-0.05, 0) is 19.4 Å². The molecule has 0 unspecified atom stereocenters. The van der Waals surface area contributed by atoms with Crippen LogP contribution in [0.5, 0.6) is 0 Å². The molecule has 1 aromatic rings. The predicted molar refractivity (Wildman–Crippen MR) is 80.9 cm³/mol. The number of benzene rings is 1. The Morgan fingerprint density at radius 2 is 2.14 bits per heavy atom. The van der Waals surface area contributed by atoms with Gasteiger partial charge in [-0.1, -0.05) is 24.9 Å². The third-order valence-corrected chi connectivity index (χ3v) is 3.16. The van der Waals surface area contributed by atoms with Crippen LogP contribution < -0.4 is 5.32 Å². The molecule has 7 nitrogen and oxygen atoms in total. The number of esters is 1. The van der Waals surface area contributed by atoms with Gasteiger partial charge in [0.2, 0.25) is 0 Å². The molecule has 0 bridgehead atoms. The van der Waals surface area contributed by atoms with Crippen molar-refractivity contribution in [3.8, 4) is 0 Å². The van der Waals surface area contributed by atoms with Gasteiger partial charge in [0.05, 0.1) is 15.5 Å². The van der Waals surface area contributed by atoms with E-state index in [0.717, 1.165) is 25.0 Å². The molecule has 120 valence electrons. The van der Waals surface area contributed by atoms with E-state index in [1.807, 2.05) is 13.8 Å². The van der Waals surface area contributed by atoms with E-state index < -0.39 is 23.4 Å². The number of ether oxygens (including phenoxy) is 1. The Hall–Kier alpha value is -2.15. The van der Waals surface area contributed by atoms with E-state index >= 15 is 0 Å². The smallest absolute Gasteiger partial charge is 0.340 e. The van der Waals surface area contributed by atoms with Crippen molar-refractivity contribution >= 4 is 29.2 Å². The van der Waals surface area contributed by atoms with Crippen molar-refractivity contribution in [3.05, 3.63) is 38.9 Å². The molecule has 0 fully saturated rings. The number of nitrogens with zero attached hydrogens (tertiary/aromatic N) is 1. The largest absolute Gasteiger partial charge is 0.452 e. The van der Waals surface area contributed by atoms with Gasteiger partial charge >= 0.3 is 5.97 Å². The Morgan fingerprint density at radius 1 is 1.45 bits per heavy atom. The molecule has 1 atom stereocenters. The van der Waals surface area contributed by atoms with E-state index in [-0.39, 0.29) is 22.3 Å². The van der Waals surface area contributed by atoms with Crippen LogP contribution in [0.3, 0.4) is 0 Å². The molecule has 1 aromatic carbocycles. The first-order valence-corrected chi connectivity index (χ1v) is 7.13.